The number of methoxy groups -OCH3 is 1. The van der Waals surface area contributed by atoms with Crippen LogP contribution in [0.15, 0.2) is 41.6 Å². The molecule has 1 heterocycles. The van der Waals surface area contributed by atoms with Crippen LogP contribution in [0.4, 0.5) is 5.69 Å². The summed E-state index contributed by atoms with van der Waals surface area (Å²) in [4.78, 5) is 31.7. The van der Waals surface area contributed by atoms with Gasteiger partial charge in [-0.3, -0.25) is 9.59 Å². The van der Waals surface area contributed by atoms with E-state index in [0.717, 1.165) is 33.6 Å². The zero-order valence-electron chi connectivity index (χ0n) is 16.0. The van der Waals surface area contributed by atoms with Crippen LogP contribution in [0.2, 0.25) is 0 Å². The lowest BCUT2D eigenvalue weighted by atomic mass is 10.1. The molecule has 1 aromatic heterocycles. The Labute approximate surface area is 167 Å². The number of ether oxygens (including phenoxy) is 1. The average Bonchev–Trinajstić information content (AvgIpc) is 3.09. The van der Waals surface area contributed by atoms with Gasteiger partial charge in [0, 0.05) is 11.8 Å². The lowest BCUT2D eigenvalue weighted by Gasteiger charge is -2.11. The number of imidazole rings is 1. The highest BCUT2D eigenvalue weighted by atomic mass is 32.2. The molecule has 146 valence electrons. The number of nitrogens with zero attached hydrogens (tertiary/aromatic N) is 1. The third kappa shape index (κ3) is 4.83. The second kappa shape index (κ2) is 8.79. The van der Waals surface area contributed by atoms with Crippen LogP contribution in [0.1, 0.15) is 11.1 Å². The van der Waals surface area contributed by atoms with Crippen LogP contribution < -0.4 is 15.4 Å². The van der Waals surface area contributed by atoms with E-state index in [4.69, 9.17) is 4.74 Å². The van der Waals surface area contributed by atoms with Gasteiger partial charge in [0.1, 0.15) is 5.75 Å². The number of hydrogen-bond donors (Lipinski definition) is 3. The van der Waals surface area contributed by atoms with Gasteiger partial charge >= 0.3 is 0 Å². The quantitative estimate of drug-likeness (QED) is 0.532. The molecule has 0 bridgehead atoms. The molecule has 0 aliphatic rings. The number of H-pyrrole nitrogens is 1. The predicted octanol–water partition coefficient (Wildman–Crippen LogP) is 3.04. The maximum Gasteiger partial charge on any atom is 0.243 e. The Kier molecular flexibility index (Phi) is 6.20. The van der Waals surface area contributed by atoms with Gasteiger partial charge in [0.05, 0.1) is 30.4 Å². The molecular weight excluding hydrogens is 376 g/mol. The number of aromatic nitrogens is 2. The number of thioether (sulfide) groups is 1. The van der Waals surface area contributed by atoms with E-state index in [1.807, 2.05) is 50.2 Å². The summed E-state index contributed by atoms with van der Waals surface area (Å²) in [7, 11) is 1.61. The predicted molar refractivity (Wildman–Crippen MR) is 111 cm³/mol. The van der Waals surface area contributed by atoms with Gasteiger partial charge in [0.15, 0.2) is 5.16 Å². The van der Waals surface area contributed by atoms with E-state index in [1.54, 1.807) is 7.11 Å². The fraction of sp³-hybridized carbons (Fsp3) is 0.250. The highest BCUT2D eigenvalue weighted by molar-refractivity contribution is 7.99. The first-order valence-electron chi connectivity index (χ1n) is 8.75. The highest BCUT2D eigenvalue weighted by Gasteiger charge is 2.11. The summed E-state index contributed by atoms with van der Waals surface area (Å²) in [6.45, 7) is 3.78. The van der Waals surface area contributed by atoms with Crippen molar-refractivity contribution < 1.29 is 14.3 Å². The third-order valence-electron chi connectivity index (χ3n) is 4.20. The lowest BCUT2D eigenvalue weighted by molar-refractivity contribution is -0.122. The molecule has 7 nitrogen and oxygen atoms in total. The van der Waals surface area contributed by atoms with Crippen LogP contribution in [-0.2, 0) is 9.59 Å². The van der Waals surface area contributed by atoms with Crippen LogP contribution >= 0.6 is 11.8 Å². The van der Waals surface area contributed by atoms with Gasteiger partial charge in [-0.25, -0.2) is 4.98 Å². The maximum absolute atomic E-state index is 12.1. The van der Waals surface area contributed by atoms with E-state index in [1.165, 1.54) is 11.8 Å². The van der Waals surface area contributed by atoms with E-state index in [-0.39, 0.29) is 24.1 Å². The molecule has 3 N–H and O–H groups in total. The number of rotatable bonds is 7. The number of nitrogens with one attached hydrogen (secondary N) is 3. The molecule has 0 aliphatic carbocycles. The van der Waals surface area contributed by atoms with Crippen LogP contribution in [0, 0.1) is 13.8 Å². The Bertz CT molecular complexity index is 996. The van der Waals surface area contributed by atoms with E-state index in [0.29, 0.717) is 5.16 Å². The summed E-state index contributed by atoms with van der Waals surface area (Å²) in [5.74, 6) is 0.403. The molecule has 0 saturated heterocycles. The first kappa shape index (κ1) is 19.8. The smallest absolute Gasteiger partial charge is 0.243 e. The van der Waals surface area contributed by atoms with Gasteiger partial charge in [0.2, 0.25) is 11.8 Å². The molecule has 0 aliphatic heterocycles. The van der Waals surface area contributed by atoms with Crippen molar-refractivity contribution in [2.45, 2.75) is 19.0 Å². The van der Waals surface area contributed by atoms with Gasteiger partial charge in [-0.05, 0) is 37.1 Å². The van der Waals surface area contributed by atoms with Crippen LogP contribution in [-0.4, -0.2) is 41.2 Å². The average molecular weight is 398 g/mol. The SMILES string of the molecule is COc1ccc2nc(SCC(=O)NCC(=O)Nc3c(C)cccc3C)[nH]c2c1. The second-order valence-electron chi connectivity index (χ2n) is 6.31. The molecule has 3 aromatic rings. The molecule has 8 heteroatoms. The molecule has 0 spiro atoms. The van der Waals surface area contributed by atoms with Crippen LogP contribution in [0.5, 0.6) is 5.75 Å². The number of anilines is 1. The van der Waals surface area contributed by atoms with Gasteiger partial charge in [-0.15, -0.1) is 0 Å². The van der Waals surface area contributed by atoms with Gasteiger partial charge in [0.25, 0.3) is 0 Å². The Morgan fingerprint density at radius 2 is 1.89 bits per heavy atom. The zero-order valence-corrected chi connectivity index (χ0v) is 16.8. The van der Waals surface area contributed by atoms with Crippen molar-refractivity contribution in [3.05, 3.63) is 47.5 Å². The molecule has 2 amide bonds. The standard InChI is InChI=1S/C20H22N4O3S/c1-12-5-4-6-13(2)19(12)24-17(25)10-21-18(26)11-28-20-22-15-8-7-14(27-3)9-16(15)23-20/h4-9H,10-11H2,1-3H3,(H,21,26)(H,22,23)(H,24,25). The molecule has 28 heavy (non-hydrogen) atoms. The summed E-state index contributed by atoms with van der Waals surface area (Å²) >= 11 is 1.28. The maximum atomic E-state index is 12.1. The zero-order chi connectivity index (χ0) is 20.1. The molecule has 0 fully saturated rings. The minimum Gasteiger partial charge on any atom is -0.497 e. The largest absolute Gasteiger partial charge is 0.497 e. The minimum atomic E-state index is -0.258. The first-order chi connectivity index (χ1) is 13.5. The van der Waals surface area contributed by atoms with Crippen molar-refractivity contribution in [2.75, 3.05) is 24.7 Å². The van der Waals surface area contributed by atoms with Crippen molar-refractivity contribution in [3.8, 4) is 5.75 Å². The van der Waals surface area contributed by atoms with Crippen molar-refractivity contribution in [1.29, 1.82) is 0 Å². The fourth-order valence-corrected chi connectivity index (χ4v) is 3.43. The Morgan fingerprint density at radius 3 is 2.61 bits per heavy atom. The summed E-state index contributed by atoms with van der Waals surface area (Å²) in [5.41, 5.74) is 4.40. The molecule has 2 aromatic carbocycles. The Morgan fingerprint density at radius 1 is 1.14 bits per heavy atom. The normalized spacial score (nSPS) is 10.7. The summed E-state index contributed by atoms with van der Waals surface area (Å²) < 4.78 is 5.18. The van der Waals surface area contributed by atoms with Gasteiger partial charge in [-0.2, -0.15) is 0 Å². The molecule has 0 unspecified atom stereocenters. The number of hydrogen-bond acceptors (Lipinski definition) is 5. The molecule has 3 rings (SSSR count). The number of aromatic amines is 1. The van der Waals surface area contributed by atoms with Crippen molar-refractivity contribution in [3.63, 3.8) is 0 Å². The Balaban J connectivity index is 1.48. The van der Waals surface area contributed by atoms with E-state index < -0.39 is 0 Å². The Hall–Kier alpha value is -3.00. The molecule has 0 atom stereocenters. The fourth-order valence-electron chi connectivity index (χ4n) is 2.72. The van der Waals surface area contributed by atoms with Crippen molar-refractivity contribution in [1.82, 2.24) is 15.3 Å². The number of carbonyl (C=O) groups is 2. The van der Waals surface area contributed by atoms with Gasteiger partial charge in [-0.1, -0.05) is 30.0 Å². The minimum absolute atomic E-state index is 0.0789. The van der Waals surface area contributed by atoms with Crippen LogP contribution in [0.25, 0.3) is 11.0 Å². The van der Waals surface area contributed by atoms with Crippen molar-refractivity contribution in [2.24, 2.45) is 0 Å². The summed E-state index contributed by atoms with van der Waals surface area (Å²) in [6.07, 6.45) is 0. The van der Waals surface area contributed by atoms with Crippen molar-refractivity contribution >= 4 is 40.3 Å². The summed E-state index contributed by atoms with van der Waals surface area (Å²) in [6, 6.07) is 11.3. The molecule has 0 saturated carbocycles. The number of amides is 2. The van der Waals surface area contributed by atoms with Crippen LogP contribution in [0.3, 0.4) is 0 Å². The molecule has 0 radical (unpaired) electrons. The third-order valence-corrected chi connectivity index (χ3v) is 5.07. The lowest BCUT2D eigenvalue weighted by Crippen LogP contribution is -2.34. The highest BCUT2D eigenvalue weighted by Crippen LogP contribution is 2.23. The number of fused-ring (bicyclic) bond motifs is 1. The van der Waals surface area contributed by atoms with E-state index in [2.05, 4.69) is 20.6 Å². The number of aryl methyl sites for hydroxylation is 2. The second-order valence-corrected chi connectivity index (χ2v) is 7.27. The number of benzene rings is 2. The number of carbonyl (C=O) groups excluding carboxylic acids is 2. The monoisotopic (exact) mass is 398 g/mol. The number of para-hydroxylation sites is 1. The molecular formula is C20H22N4O3S. The topological polar surface area (TPSA) is 96.1 Å². The van der Waals surface area contributed by atoms with Gasteiger partial charge < -0.3 is 20.4 Å². The summed E-state index contributed by atoms with van der Waals surface area (Å²) in [5, 5.41) is 6.11. The van der Waals surface area contributed by atoms with E-state index in [9.17, 15) is 9.59 Å². The first-order valence-corrected chi connectivity index (χ1v) is 9.74. The van der Waals surface area contributed by atoms with E-state index >= 15 is 0 Å².